The third-order valence-corrected chi connectivity index (χ3v) is 5.02. The van der Waals surface area contributed by atoms with E-state index in [1.165, 1.54) is 30.0 Å². The van der Waals surface area contributed by atoms with Crippen molar-refractivity contribution in [3.8, 4) is 0 Å². The van der Waals surface area contributed by atoms with Crippen molar-refractivity contribution in [2.45, 2.75) is 17.7 Å². The van der Waals surface area contributed by atoms with Gasteiger partial charge in [0.1, 0.15) is 11.4 Å². The van der Waals surface area contributed by atoms with E-state index in [9.17, 15) is 19.3 Å². The standard InChI is InChI=1S/C18H18FN3O3S/c1-26-13-5-7-16(22(24)25)14(11-13)18(23)20-12-4-6-17(15(19)10-12)21-8-2-3-9-21/h4-7,10-11H,2-3,8-9H2,1H3,(H,20,23). The van der Waals surface area contributed by atoms with Crippen molar-refractivity contribution in [1.29, 1.82) is 0 Å². The first-order chi connectivity index (χ1) is 12.5. The van der Waals surface area contributed by atoms with Crippen LogP contribution >= 0.6 is 11.8 Å². The Bertz CT molecular complexity index is 854. The van der Waals surface area contributed by atoms with Gasteiger partial charge in [0.15, 0.2) is 0 Å². The molecule has 0 saturated carbocycles. The lowest BCUT2D eigenvalue weighted by Crippen LogP contribution is -2.19. The number of carbonyl (C=O) groups is 1. The lowest BCUT2D eigenvalue weighted by molar-refractivity contribution is -0.385. The molecule has 8 heteroatoms. The average Bonchev–Trinajstić information content (AvgIpc) is 3.15. The van der Waals surface area contributed by atoms with E-state index in [4.69, 9.17) is 0 Å². The summed E-state index contributed by atoms with van der Waals surface area (Å²) in [4.78, 5) is 25.8. The van der Waals surface area contributed by atoms with E-state index in [0.717, 1.165) is 30.8 Å². The molecule has 0 spiro atoms. The molecule has 6 nitrogen and oxygen atoms in total. The fourth-order valence-corrected chi connectivity index (χ4v) is 3.42. The Balaban J connectivity index is 1.84. The minimum absolute atomic E-state index is 0.0501. The van der Waals surface area contributed by atoms with Crippen molar-refractivity contribution in [3.05, 3.63) is 57.9 Å². The summed E-state index contributed by atoms with van der Waals surface area (Å²) < 4.78 is 14.4. The van der Waals surface area contributed by atoms with Gasteiger partial charge in [-0.05, 0) is 49.4 Å². The number of amides is 1. The number of benzene rings is 2. The van der Waals surface area contributed by atoms with Gasteiger partial charge in [-0.2, -0.15) is 0 Å². The van der Waals surface area contributed by atoms with Crippen molar-refractivity contribution < 1.29 is 14.1 Å². The number of halogens is 1. The highest BCUT2D eigenvalue weighted by atomic mass is 32.2. The molecule has 0 aliphatic carbocycles. The van der Waals surface area contributed by atoms with Gasteiger partial charge < -0.3 is 10.2 Å². The number of nitro benzene ring substituents is 1. The van der Waals surface area contributed by atoms with Gasteiger partial charge in [-0.1, -0.05) is 0 Å². The quantitative estimate of drug-likeness (QED) is 0.479. The molecule has 26 heavy (non-hydrogen) atoms. The van der Waals surface area contributed by atoms with E-state index in [1.54, 1.807) is 18.2 Å². The van der Waals surface area contributed by atoms with Crippen LogP contribution in [0.5, 0.6) is 0 Å². The van der Waals surface area contributed by atoms with Gasteiger partial charge in [-0.25, -0.2) is 4.39 Å². The largest absolute Gasteiger partial charge is 0.369 e. The Hall–Kier alpha value is -2.61. The third kappa shape index (κ3) is 3.80. The van der Waals surface area contributed by atoms with Crippen LogP contribution in [0.3, 0.4) is 0 Å². The van der Waals surface area contributed by atoms with Crippen LogP contribution in [0.1, 0.15) is 23.2 Å². The smallest absolute Gasteiger partial charge is 0.282 e. The highest BCUT2D eigenvalue weighted by Crippen LogP contribution is 2.28. The second-order valence-corrected chi connectivity index (χ2v) is 6.83. The lowest BCUT2D eigenvalue weighted by Gasteiger charge is -2.18. The molecule has 1 aliphatic heterocycles. The van der Waals surface area contributed by atoms with E-state index in [0.29, 0.717) is 5.69 Å². The van der Waals surface area contributed by atoms with Crippen LogP contribution < -0.4 is 10.2 Å². The van der Waals surface area contributed by atoms with Gasteiger partial charge in [0.2, 0.25) is 0 Å². The number of carbonyl (C=O) groups excluding carboxylic acids is 1. The van der Waals surface area contributed by atoms with Gasteiger partial charge in [-0.3, -0.25) is 14.9 Å². The predicted octanol–water partition coefficient (Wildman–Crippen LogP) is 4.31. The average molecular weight is 375 g/mol. The Morgan fingerprint density at radius 2 is 1.96 bits per heavy atom. The Kier molecular flexibility index (Phi) is 5.41. The summed E-state index contributed by atoms with van der Waals surface area (Å²) in [5.74, 6) is -1.06. The molecule has 0 atom stereocenters. The molecule has 1 fully saturated rings. The van der Waals surface area contributed by atoms with Crippen molar-refractivity contribution in [2.24, 2.45) is 0 Å². The number of nitrogens with zero attached hydrogens (tertiary/aromatic N) is 2. The van der Waals surface area contributed by atoms with Gasteiger partial charge >= 0.3 is 0 Å². The molecule has 1 aliphatic rings. The molecule has 1 heterocycles. The second-order valence-electron chi connectivity index (χ2n) is 5.95. The van der Waals surface area contributed by atoms with Crippen LogP contribution in [0, 0.1) is 15.9 Å². The summed E-state index contributed by atoms with van der Waals surface area (Å²) in [7, 11) is 0. The number of hydrogen-bond acceptors (Lipinski definition) is 5. The highest BCUT2D eigenvalue weighted by Gasteiger charge is 2.22. The van der Waals surface area contributed by atoms with Gasteiger partial charge in [0.05, 0.1) is 10.6 Å². The lowest BCUT2D eigenvalue weighted by atomic mass is 10.1. The molecular weight excluding hydrogens is 357 g/mol. The summed E-state index contributed by atoms with van der Waals surface area (Å²) in [6.07, 6.45) is 3.88. The molecular formula is C18H18FN3O3S. The van der Waals surface area contributed by atoms with Crippen LogP contribution in [0.4, 0.5) is 21.5 Å². The summed E-state index contributed by atoms with van der Waals surface area (Å²) in [5.41, 5.74) is 0.440. The van der Waals surface area contributed by atoms with Crippen molar-refractivity contribution in [1.82, 2.24) is 0 Å². The van der Waals surface area contributed by atoms with Crippen molar-refractivity contribution in [2.75, 3.05) is 29.6 Å². The first-order valence-electron chi connectivity index (χ1n) is 8.18. The molecule has 0 radical (unpaired) electrons. The zero-order valence-electron chi connectivity index (χ0n) is 14.2. The molecule has 0 bridgehead atoms. The number of nitro groups is 1. The maximum Gasteiger partial charge on any atom is 0.282 e. The zero-order chi connectivity index (χ0) is 18.7. The number of anilines is 2. The molecule has 2 aromatic carbocycles. The SMILES string of the molecule is CSc1ccc([N+](=O)[O-])c(C(=O)Nc2ccc(N3CCCC3)c(F)c2)c1. The van der Waals surface area contributed by atoms with E-state index >= 15 is 0 Å². The molecule has 1 amide bonds. The van der Waals surface area contributed by atoms with E-state index in [-0.39, 0.29) is 16.9 Å². The Morgan fingerprint density at radius 3 is 2.58 bits per heavy atom. The monoisotopic (exact) mass is 375 g/mol. The summed E-state index contributed by atoms with van der Waals surface area (Å²) in [5, 5.41) is 13.7. The van der Waals surface area contributed by atoms with Crippen molar-refractivity contribution in [3.63, 3.8) is 0 Å². The third-order valence-electron chi connectivity index (χ3n) is 4.30. The van der Waals surface area contributed by atoms with Gasteiger partial charge in [0, 0.05) is 29.7 Å². The fraction of sp³-hybridized carbons (Fsp3) is 0.278. The van der Waals surface area contributed by atoms with Crippen LogP contribution in [0.15, 0.2) is 41.3 Å². The van der Waals surface area contributed by atoms with E-state index in [1.807, 2.05) is 11.2 Å². The van der Waals surface area contributed by atoms with Crippen LogP contribution in [-0.4, -0.2) is 30.2 Å². The number of nitrogens with one attached hydrogen (secondary N) is 1. The Morgan fingerprint density at radius 1 is 1.23 bits per heavy atom. The maximum atomic E-state index is 14.4. The second kappa shape index (κ2) is 7.74. The van der Waals surface area contributed by atoms with Crippen LogP contribution in [-0.2, 0) is 0 Å². The summed E-state index contributed by atoms with van der Waals surface area (Å²) in [6.45, 7) is 1.63. The summed E-state index contributed by atoms with van der Waals surface area (Å²) >= 11 is 1.38. The van der Waals surface area contributed by atoms with Gasteiger partial charge in [-0.15, -0.1) is 11.8 Å². The topological polar surface area (TPSA) is 75.5 Å². The van der Waals surface area contributed by atoms with E-state index in [2.05, 4.69) is 5.32 Å². The zero-order valence-corrected chi connectivity index (χ0v) is 15.0. The molecule has 0 unspecified atom stereocenters. The predicted molar refractivity (Wildman–Crippen MR) is 101 cm³/mol. The Labute approximate surface area is 154 Å². The minimum Gasteiger partial charge on any atom is -0.369 e. The van der Waals surface area contributed by atoms with E-state index < -0.39 is 16.6 Å². The van der Waals surface area contributed by atoms with Crippen molar-refractivity contribution >= 4 is 34.7 Å². The first kappa shape index (κ1) is 18.2. The van der Waals surface area contributed by atoms with Gasteiger partial charge in [0.25, 0.3) is 11.6 Å². The maximum absolute atomic E-state index is 14.4. The normalized spacial score (nSPS) is 13.7. The number of hydrogen-bond donors (Lipinski definition) is 1. The molecule has 1 saturated heterocycles. The first-order valence-corrected chi connectivity index (χ1v) is 9.40. The molecule has 0 aromatic heterocycles. The highest BCUT2D eigenvalue weighted by molar-refractivity contribution is 7.98. The van der Waals surface area contributed by atoms with Crippen LogP contribution in [0.25, 0.3) is 0 Å². The summed E-state index contributed by atoms with van der Waals surface area (Å²) in [6, 6.07) is 8.84. The number of rotatable bonds is 5. The molecule has 3 rings (SSSR count). The fourth-order valence-electron chi connectivity index (χ4n) is 2.98. The molecule has 2 aromatic rings. The minimum atomic E-state index is -0.638. The number of thioether (sulfide) groups is 1. The molecule has 136 valence electrons. The molecule has 1 N–H and O–H groups in total. The van der Waals surface area contributed by atoms with Crippen LogP contribution in [0.2, 0.25) is 0 Å².